The molecule has 0 aliphatic carbocycles. The Bertz CT molecular complexity index is 2020. The number of ether oxygens (including phenoxy) is 2. The molecule has 0 N–H and O–H groups in total. The van der Waals surface area contributed by atoms with E-state index in [0.717, 1.165) is 109 Å². The van der Waals surface area contributed by atoms with Crippen LogP contribution in [-0.4, -0.2) is 70.0 Å². The lowest BCUT2D eigenvalue weighted by molar-refractivity contribution is -0.870. The number of phosphoric ester groups is 1. The van der Waals surface area contributed by atoms with Gasteiger partial charge in [0.1, 0.15) is 19.8 Å². The van der Waals surface area contributed by atoms with E-state index >= 15 is 0 Å². The van der Waals surface area contributed by atoms with Crippen molar-refractivity contribution in [1.29, 1.82) is 0 Å². The van der Waals surface area contributed by atoms with Gasteiger partial charge in [0, 0.05) is 12.8 Å². The molecule has 0 saturated heterocycles. The maximum atomic E-state index is 12.9. The lowest BCUT2D eigenvalue weighted by atomic mass is 10.0. The Morgan fingerprint density at radius 3 is 0.870 bits per heavy atom. The second kappa shape index (κ2) is 71.4. The first-order chi connectivity index (χ1) is 45.0. The molecular weight excluding hydrogens is 1160 g/mol. The van der Waals surface area contributed by atoms with Crippen molar-refractivity contribution in [2.75, 3.05) is 47.5 Å². The Labute approximate surface area is 568 Å². The number of hydrogen-bond acceptors (Lipinski definition) is 8. The van der Waals surface area contributed by atoms with Crippen LogP contribution in [0.1, 0.15) is 322 Å². The number of carbonyl (C=O) groups is 2. The summed E-state index contributed by atoms with van der Waals surface area (Å²) in [6.45, 7) is 4.04. The summed E-state index contributed by atoms with van der Waals surface area (Å²) in [7, 11) is 1.17. The van der Waals surface area contributed by atoms with Crippen molar-refractivity contribution in [2.45, 2.75) is 328 Å². The Hall–Kier alpha value is -3.85. The maximum Gasteiger partial charge on any atom is 0.306 e. The zero-order chi connectivity index (χ0) is 66.9. The third-order valence-corrected chi connectivity index (χ3v) is 17.1. The van der Waals surface area contributed by atoms with Crippen LogP contribution in [0.2, 0.25) is 0 Å². The third kappa shape index (κ3) is 75.2. The highest BCUT2D eigenvalue weighted by Gasteiger charge is 2.22. The van der Waals surface area contributed by atoms with Crippen LogP contribution in [0, 0.1) is 0 Å². The van der Waals surface area contributed by atoms with E-state index in [1.54, 1.807) is 0 Å². The molecule has 2 atom stereocenters. The molecule has 92 heavy (non-hydrogen) atoms. The summed E-state index contributed by atoms with van der Waals surface area (Å²) >= 11 is 0. The first kappa shape index (κ1) is 88.2. The average molecular weight is 1300 g/mol. The van der Waals surface area contributed by atoms with Crippen molar-refractivity contribution < 1.29 is 42.1 Å². The number of nitrogens with zero attached hydrogens (tertiary/aromatic N) is 1. The first-order valence-electron chi connectivity index (χ1n) is 37.9. The van der Waals surface area contributed by atoms with Crippen molar-refractivity contribution >= 4 is 19.8 Å². The summed E-state index contributed by atoms with van der Waals surface area (Å²) in [6.07, 6.45) is 104. The first-order valence-corrected chi connectivity index (χ1v) is 39.4. The molecule has 2 unspecified atom stereocenters. The van der Waals surface area contributed by atoms with Gasteiger partial charge in [-0.05, 0) is 109 Å². The Morgan fingerprint density at radius 1 is 0.337 bits per heavy atom. The number of unbranched alkanes of at least 4 members (excludes halogenated alkanes) is 33. The molecule has 0 amide bonds. The number of hydrogen-bond donors (Lipinski definition) is 0. The summed E-state index contributed by atoms with van der Waals surface area (Å²) in [5.41, 5.74) is 0. The normalized spacial score (nSPS) is 13.8. The lowest BCUT2D eigenvalue weighted by Gasteiger charge is -2.28. The summed E-state index contributed by atoms with van der Waals surface area (Å²) in [4.78, 5) is 38.1. The minimum Gasteiger partial charge on any atom is -0.756 e. The summed E-state index contributed by atoms with van der Waals surface area (Å²) in [6, 6.07) is 0. The van der Waals surface area contributed by atoms with Gasteiger partial charge < -0.3 is 27.9 Å². The molecule has 0 aromatic heterocycles. The molecule has 0 spiro atoms. The molecule has 528 valence electrons. The van der Waals surface area contributed by atoms with Crippen molar-refractivity contribution in [2.24, 2.45) is 0 Å². The largest absolute Gasteiger partial charge is 0.756 e. The van der Waals surface area contributed by atoms with Crippen LogP contribution in [0.5, 0.6) is 0 Å². The Kier molecular flexibility index (Phi) is 68.5. The quantitative estimate of drug-likeness (QED) is 0.0195. The van der Waals surface area contributed by atoms with Gasteiger partial charge >= 0.3 is 11.9 Å². The second-order valence-electron chi connectivity index (χ2n) is 26.3. The molecule has 0 aliphatic heterocycles. The summed E-state index contributed by atoms with van der Waals surface area (Å²) in [5, 5.41) is 0. The van der Waals surface area contributed by atoms with E-state index in [4.69, 9.17) is 18.5 Å². The van der Waals surface area contributed by atoms with Gasteiger partial charge in [0.15, 0.2) is 6.10 Å². The molecule has 9 nitrogen and oxygen atoms in total. The zero-order valence-corrected chi connectivity index (χ0v) is 61.1. The molecule has 0 rings (SSSR count). The van der Waals surface area contributed by atoms with Crippen molar-refractivity contribution in [3.8, 4) is 0 Å². The standard InChI is InChI=1S/C82H142NO8P/c1-6-8-10-12-14-16-18-20-22-24-26-28-30-32-34-36-37-38-39-40-41-42-43-44-45-47-49-51-53-55-57-59-61-63-65-67-69-71-73-75-82(85)91-80(79-90-92(86,87)89-77-76-83(3,4)5)78-88-81(84)74-72-70-68-66-64-62-60-58-56-54-52-50-48-46-35-33-31-29-27-25-23-21-19-17-15-13-11-9-7-2/h8-11,14-17,20-23,26-29,32,34,37-38,40-41,80H,6-7,12-13,18-19,24-25,30-31,33,35-36,39,42-79H2,1-5H3/b10-8-,11-9-,16-14-,17-15-,22-20-,23-21-,28-26-,29-27-,34-32-,38-37-,41-40-. The third-order valence-electron chi connectivity index (χ3n) is 16.2. The molecule has 0 fully saturated rings. The number of allylic oxidation sites excluding steroid dienone is 22. The van der Waals surface area contributed by atoms with Gasteiger partial charge in [-0.2, -0.15) is 0 Å². The number of esters is 2. The maximum absolute atomic E-state index is 12.9. The zero-order valence-electron chi connectivity index (χ0n) is 60.2. The summed E-state index contributed by atoms with van der Waals surface area (Å²) < 4.78 is 34.4. The number of likely N-dealkylation sites (N-methyl/N-ethyl adjacent to an activating group) is 1. The van der Waals surface area contributed by atoms with Gasteiger partial charge in [-0.25, -0.2) is 0 Å². The second-order valence-corrected chi connectivity index (χ2v) is 27.7. The lowest BCUT2D eigenvalue weighted by Crippen LogP contribution is -2.37. The number of rotatable bonds is 69. The van der Waals surface area contributed by atoms with Crippen molar-refractivity contribution in [1.82, 2.24) is 0 Å². The van der Waals surface area contributed by atoms with Gasteiger partial charge in [-0.3, -0.25) is 14.2 Å². The molecule has 0 saturated carbocycles. The topological polar surface area (TPSA) is 111 Å². The number of carbonyl (C=O) groups excluding carboxylic acids is 2. The van der Waals surface area contributed by atoms with Crippen LogP contribution in [0.25, 0.3) is 0 Å². The van der Waals surface area contributed by atoms with Crippen molar-refractivity contribution in [3.63, 3.8) is 0 Å². The highest BCUT2D eigenvalue weighted by atomic mass is 31.2. The molecule has 0 aromatic carbocycles. The van der Waals surface area contributed by atoms with Crippen LogP contribution in [0.4, 0.5) is 0 Å². The minimum atomic E-state index is -4.65. The van der Waals surface area contributed by atoms with Gasteiger partial charge in [0.2, 0.25) is 0 Å². The number of phosphoric acid groups is 1. The monoisotopic (exact) mass is 1300 g/mol. The fraction of sp³-hybridized carbons (Fsp3) is 0.707. The van der Waals surface area contributed by atoms with Crippen LogP contribution in [-0.2, 0) is 32.7 Å². The smallest absolute Gasteiger partial charge is 0.306 e. The van der Waals surface area contributed by atoms with Crippen molar-refractivity contribution in [3.05, 3.63) is 134 Å². The van der Waals surface area contributed by atoms with E-state index in [2.05, 4.69) is 148 Å². The van der Waals surface area contributed by atoms with Crippen LogP contribution in [0.3, 0.4) is 0 Å². The van der Waals surface area contributed by atoms with Crippen LogP contribution >= 0.6 is 7.82 Å². The molecule has 10 heteroatoms. The van der Waals surface area contributed by atoms with Crippen LogP contribution < -0.4 is 4.89 Å². The Morgan fingerprint density at radius 2 is 0.587 bits per heavy atom. The van der Waals surface area contributed by atoms with Gasteiger partial charge in [-0.1, -0.05) is 334 Å². The molecule has 0 bridgehead atoms. The molecule has 0 aromatic rings. The SMILES string of the molecule is CC/C=C\C/C=C\C/C=C\C/C=C\C/C=C\C/C=C\C/C=C\CCCCCCCCCCCCCCCCCCCC(=O)OC(COC(=O)CCCCCCCCCCCCCCCCCC/C=C\C/C=C\C/C=C\C/C=C\CC)COP(=O)([O-])OCC[N+](C)(C)C. The Balaban J connectivity index is 3.99. The number of quaternary nitrogens is 1. The highest BCUT2D eigenvalue weighted by molar-refractivity contribution is 7.45. The molecular formula is C82H142NO8P. The summed E-state index contributed by atoms with van der Waals surface area (Å²) in [5.74, 6) is -0.826. The minimum absolute atomic E-state index is 0.0338. The highest BCUT2D eigenvalue weighted by Crippen LogP contribution is 2.38. The fourth-order valence-electron chi connectivity index (χ4n) is 10.5. The predicted molar refractivity (Wildman–Crippen MR) is 397 cm³/mol. The van der Waals surface area contributed by atoms with Gasteiger partial charge in [-0.15, -0.1) is 0 Å². The van der Waals surface area contributed by atoms with E-state index in [9.17, 15) is 19.0 Å². The fourth-order valence-corrected chi connectivity index (χ4v) is 11.2. The van der Waals surface area contributed by atoms with E-state index in [1.807, 2.05) is 21.1 Å². The molecule has 0 heterocycles. The molecule has 0 radical (unpaired) electrons. The van der Waals surface area contributed by atoms with E-state index in [-0.39, 0.29) is 32.0 Å². The molecule has 0 aliphatic rings. The average Bonchev–Trinajstić information content (AvgIpc) is 2.14. The van der Waals surface area contributed by atoms with Crippen LogP contribution in [0.15, 0.2) is 134 Å². The van der Waals surface area contributed by atoms with E-state index < -0.39 is 26.5 Å². The van der Waals surface area contributed by atoms with Gasteiger partial charge in [0.05, 0.1) is 27.7 Å². The van der Waals surface area contributed by atoms with Gasteiger partial charge in [0.25, 0.3) is 7.82 Å². The predicted octanol–water partition coefficient (Wildman–Crippen LogP) is 24.5. The van der Waals surface area contributed by atoms with E-state index in [0.29, 0.717) is 17.4 Å². The van der Waals surface area contributed by atoms with E-state index in [1.165, 1.54) is 180 Å².